The molecule has 3 rings (SSSR count). The zero-order chi connectivity index (χ0) is 18.2. The Bertz CT molecular complexity index is 817. The molecule has 0 atom stereocenters. The van der Waals surface area contributed by atoms with Crippen LogP contribution in [0.15, 0.2) is 53.0 Å². The van der Waals surface area contributed by atoms with Crippen molar-refractivity contribution >= 4 is 29.1 Å². The summed E-state index contributed by atoms with van der Waals surface area (Å²) in [5.74, 6) is 0.876. The lowest BCUT2D eigenvalue weighted by Crippen LogP contribution is -2.10. The summed E-state index contributed by atoms with van der Waals surface area (Å²) in [6.45, 7) is 3.25. The van der Waals surface area contributed by atoms with Crippen LogP contribution in [0.3, 0.4) is 0 Å². The van der Waals surface area contributed by atoms with Gasteiger partial charge in [0.2, 0.25) is 0 Å². The van der Waals surface area contributed by atoms with Gasteiger partial charge in [0.25, 0.3) is 0 Å². The predicted molar refractivity (Wildman–Crippen MR) is 105 cm³/mol. The molecule has 136 valence electrons. The molecule has 0 saturated heterocycles. The minimum Gasteiger partial charge on any atom is -0.465 e. The second kappa shape index (κ2) is 9.54. The zero-order valence-corrected chi connectivity index (χ0v) is 16.3. The van der Waals surface area contributed by atoms with Crippen molar-refractivity contribution < 1.29 is 9.53 Å². The topological polar surface area (TPSA) is 57.0 Å². The van der Waals surface area contributed by atoms with E-state index >= 15 is 0 Å². The highest BCUT2D eigenvalue weighted by Gasteiger charge is 2.15. The molecule has 0 spiro atoms. The highest BCUT2D eigenvalue weighted by Crippen LogP contribution is 2.27. The molecule has 0 amide bonds. The summed E-state index contributed by atoms with van der Waals surface area (Å²) in [7, 11) is 0. The fourth-order valence-corrected chi connectivity index (χ4v) is 4.06. The van der Waals surface area contributed by atoms with Gasteiger partial charge < -0.3 is 9.30 Å². The van der Waals surface area contributed by atoms with Crippen molar-refractivity contribution in [3.63, 3.8) is 0 Å². The van der Waals surface area contributed by atoms with Gasteiger partial charge >= 0.3 is 5.97 Å². The van der Waals surface area contributed by atoms with Crippen molar-refractivity contribution in [1.29, 1.82) is 0 Å². The maximum Gasteiger partial charge on any atom is 0.316 e. The molecular weight excluding hydrogens is 366 g/mol. The average Bonchev–Trinajstić information content (AvgIpc) is 3.33. The first-order chi connectivity index (χ1) is 12.8. The number of benzene rings is 1. The molecule has 0 aliphatic heterocycles. The molecule has 5 nitrogen and oxygen atoms in total. The van der Waals surface area contributed by atoms with Crippen LogP contribution in [0.2, 0.25) is 0 Å². The number of aromatic nitrogens is 3. The van der Waals surface area contributed by atoms with Gasteiger partial charge in [0.05, 0.1) is 17.2 Å². The number of carbonyl (C=O) groups excluding carboxylic acids is 1. The van der Waals surface area contributed by atoms with E-state index in [1.165, 1.54) is 17.3 Å². The summed E-state index contributed by atoms with van der Waals surface area (Å²) >= 11 is 3.00. The van der Waals surface area contributed by atoms with Crippen molar-refractivity contribution in [2.45, 2.75) is 31.5 Å². The fraction of sp³-hybridized carbons (Fsp3) is 0.316. The second-order valence-corrected chi connectivity index (χ2v) is 7.52. The quantitative estimate of drug-likeness (QED) is 0.311. The molecular formula is C19H21N3O2S2. The lowest BCUT2D eigenvalue weighted by atomic mass is 10.1. The summed E-state index contributed by atoms with van der Waals surface area (Å²) in [6, 6.07) is 14.2. The minimum atomic E-state index is -0.216. The van der Waals surface area contributed by atoms with Crippen LogP contribution in [0.1, 0.15) is 18.9 Å². The lowest BCUT2D eigenvalue weighted by molar-refractivity contribution is -0.140. The fourth-order valence-electron chi connectivity index (χ4n) is 2.54. The summed E-state index contributed by atoms with van der Waals surface area (Å²) in [5.41, 5.74) is 1.26. The number of nitrogens with zero attached hydrogens (tertiary/aromatic N) is 3. The molecule has 26 heavy (non-hydrogen) atoms. The largest absolute Gasteiger partial charge is 0.465 e. The van der Waals surface area contributed by atoms with Crippen LogP contribution in [0.4, 0.5) is 0 Å². The molecule has 0 aliphatic carbocycles. The van der Waals surface area contributed by atoms with Crippen molar-refractivity contribution in [3.8, 4) is 10.7 Å². The highest BCUT2D eigenvalue weighted by molar-refractivity contribution is 7.99. The maximum atomic E-state index is 12.0. The first-order valence-corrected chi connectivity index (χ1v) is 10.4. The van der Waals surface area contributed by atoms with Gasteiger partial charge in [-0.25, -0.2) is 0 Å². The smallest absolute Gasteiger partial charge is 0.316 e. The van der Waals surface area contributed by atoms with Gasteiger partial charge in [-0.3, -0.25) is 4.79 Å². The van der Waals surface area contributed by atoms with Gasteiger partial charge in [-0.2, -0.15) is 0 Å². The molecule has 2 aromatic heterocycles. The van der Waals surface area contributed by atoms with E-state index in [4.69, 9.17) is 4.74 Å². The standard InChI is InChI=1S/C19H21N3O2S2/c1-2-22-18(16-11-7-13-25-16)20-21-19(22)26-14-17(23)24-12-6-10-15-8-4-3-5-9-15/h3-5,7-9,11,13H,2,6,10,12,14H2,1H3. The molecule has 0 saturated carbocycles. The van der Waals surface area contributed by atoms with E-state index in [2.05, 4.69) is 22.3 Å². The Kier molecular flexibility index (Phi) is 6.85. The Balaban J connectivity index is 1.44. The van der Waals surface area contributed by atoms with Gasteiger partial charge in [0.15, 0.2) is 11.0 Å². The van der Waals surface area contributed by atoms with Crippen LogP contribution in [0, 0.1) is 0 Å². The molecule has 7 heteroatoms. The number of esters is 1. The molecule has 0 fully saturated rings. The normalized spacial score (nSPS) is 10.8. The highest BCUT2D eigenvalue weighted by atomic mass is 32.2. The Morgan fingerprint density at radius 3 is 2.77 bits per heavy atom. The van der Waals surface area contributed by atoms with Crippen LogP contribution in [-0.4, -0.2) is 33.1 Å². The van der Waals surface area contributed by atoms with Gasteiger partial charge in [0.1, 0.15) is 0 Å². The van der Waals surface area contributed by atoms with Crippen LogP contribution in [-0.2, 0) is 22.5 Å². The average molecular weight is 388 g/mol. The van der Waals surface area contributed by atoms with Crippen LogP contribution in [0.5, 0.6) is 0 Å². The monoisotopic (exact) mass is 387 g/mol. The van der Waals surface area contributed by atoms with Gasteiger partial charge in [-0.15, -0.1) is 21.5 Å². The third kappa shape index (κ3) is 4.95. The Hall–Kier alpha value is -2.12. The number of rotatable bonds is 9. The second-order valence-electron chi connectivity index (χ2n) is 5.63. The summed E-state index contributed by atoms with van der Waals surface area (Å²) in [6.07, 6.45) is 1.74. The number of hydrogen-bond acceptors (Lipinski definition) is 6. The number of aryl methyl sites for hydroxylation is 1. The van der Waals surface area contributed by atoms with E-state index in [0.29, 0.717) is 6.61 Å². The molecule has 0 aliphatic rings. The van der Waals surface area contributed by atoms with E-state index in [1.54, 1.807) is 11.3 Å². The first kappa shape index (κ1) is 18.7. The molecule has 0 N–H and O–H groups in total. The van der Waals surface area contributed by atoms with E-state index in [0.717, 1.165) is 35.2 Å². The number of thioether (sulfide) groups is 1. The Morgan fingerprint density at radius 2 is 2.04 bits per heavy atom. The third-order valence-corrected chi connectivity index (χ3v) is 5.62. The molecule has 0 unspecified atom stereocenters. The van der Waals surface area contributed by atoms with Crippen molar-refractivity contribution in [2.24, 2.45) is 0 Å². The van der Waals surface area contributed by atoms with Crippen molar-refractivity contribution in [2.75, 3.05) is 12.4 Å². The molecule has 0 radical (unpaired) electrons. The Morgan fingerprint density at radius 1 is 1.19 bits per heavy atom. The van der Waals surface area contributed by atoms with Gasteiger partial charge in [0, 0.05) is 6.54 Å². The number of thiophene rings is 1. The first-order valence-electron chi connectivity index (χ1n) is 8.57. The summed E-state index contributed by atoms with van der Waals surface area (Å²) < 4.78 is 7.35. The number of carbonyl (C=O) groups is 1. The van der Waals surface area contributed by atoms with Crippen LogP contribution < -0.4 is 0 Å². The zero-order valence-electron chi connectivity index (χ0n) is 14.6. The summed E-state index contributed by atoms with van der Waals surface area (Å²) in [5, 5.41) is 11.3. The van der Waals surface area contributed by atoms with E-state index in [9.17, 15) is 4.79 Å². The number of ether oxygens (including phenoxy) is 1. The predicted octanol–water partition coefficient (Wildman–Crippen LogP) is 4.29. The van der Waals surface area contributed by atoms with E-state index < -0.39 is 0 Å². The molecule has 3 aromatic rings. The minimum absolute atomic E-state index is 0.216. The lowest BCUT2D eigenvalue weighted by Gasteiger charge is -2.07. The van der Waals surface area contributed by atoms with Gasteiger partial charge in [-0.1, -0.05) is 48.2 Å². The van der Waals surface area contributed by atoms with Gasteiger partial charge in [-0.05, 0) is 36.8 Å². The summed E-state index contributed by atoms with van der Waals surface area (Å²) in [4.78, 5) is 13.0. The van der Waals surface area contributed by atoms with E-state index in [1.807, 2.05) is 47.2 Å². The van der Waals surface area contributed by atoms with Crippen LogP contribution in [0.25, 0.3) is 10.7 Å². The molecule has 0 bridgehead atoms. The van der Waals surface area contributed by atoms with Crippen molar-refractivity contribution in [3.05, 3.63) is 53.4 Å². The van der Waals surface area contributed by atoms with E-state index in [-0.39, 0.29) is 11.7 Å². The van der Waals surface area contributed by atoms with Crippen LogP contribution >= 0.6 is 23.1 Å². The molecule has 2 heterocycles. The Labute approximate surface area is 161 Å². The third-order valence-electron chi connectivity index (χ3n) is 3.81. The molecule has 1 aromatic carbocycles. The SMILES string of the molecule is CCn1c(SCC(=O)OCCCc2ccccc2)nnc1-c1cccs1. The number of hydrogen-bond donors (Lipinski definition) is 0. The van der Waals surface area contributed by atoms with Crippen molar-refractivity contribution in [1.82, 2.24) is 14.8 Å². The maximum absolute atomic E-state index is 12.0.